The summed E-state index contributed by atoms with van der Waals surface area (Å²) in [5.41, 5.74) is 1.56. The van der Waals surface area contributed by atoms with Crippen molar-refractivity contribution in [2.75, 3.05) is 24.7 Å². The maximum atomic E-state index is 12.6. The SMILES string of the molecule is CSc1ccc(NC(=O)C2CCN(S(=O)(=O)Cc3ccccc3)CC2)cc1. The van der Waals surface area contributed by atoms with Crippen LogP contribution in [0.5, 0.6) is 0 Å². The molecule has 0 radical (unpaired) electrons. The Morgan fingerprint density at radius 3 is 2.30 bits per heavy atom. The fraction of sp³-hybridized carbons (Fsp3) is 0.350. The van der Waals surface area contributed by atoms with Crippen molar-refractivity contribution in [3.05, 3.63) is 60.2 Å². The molecule has 27 heavy (non-hydrogen) atoms. The van der Waals surface area contributed by atoms with Gasteiger partial charge in [-0.2, -0.15) is 0 Å². The standard InChI is InChI=1S/C20H24N2O3S2/c1-26-19-9-7-18(8-10-19)21-20(23)17-11-13-22(14-12-17)27(24,25)15-16-5-3-2-4-6-16/h2-10,17H,11-15H2,1H3,(H,21,23). The van der Waals surface area contributed by atoms with Gasteiger partial charge in [0.05, 0.1) is 5.75 Å². The van der Waals surface area contributed by atoms with Crippen molar-refractivity contribution in [3.63, 3.8) is 0 Å². The molecule has 1 fully saturated rings. The van der Waals surface area contributed by atoms with Crippen molar-refractivity contribution in [1.29, 1.82) is 0 Å². The maximum absolute atomic E-state index is 12.6. The van der Waals surface area contributed by atoms with Gasteiger partial charge in [-0.15, -0.1) is 11.8 Å². The number of anilines is 1. The average molecular weight is 405 g/mol. The summed E-state index contributed by atoms with van der Waals surface area (Å²) < 4.78 is 26.7. The second-order valence-electron chi connectivity index (χ2n) is 6.63. The van der Waals surface area contributed by atoms with Gasteiger partial charge >= 0.3 is 0 Å². The van der Waals surface area contributed by atoms with Gasteiger partial charge in [0.1, 0.15) is 0 Å². The summed E-state index contributed by atoms with van der Waals surface area (Å²) in [4.78, 5) is 13.6. The van der Waals surface area contributed by atoms with Gasteiger partial charge in [-0.1, -0.05) is 30.3 Å². The van der Waals surface area contributed by atoms with Crippen LogP contribution in [-0.4, -0.2) is 38.0 Å². The molecule has 1 aliphatic heterocycles. The van der Waals surface area contributed by atoms with E-state index in [1.165, 1.54) is 4.31 Å². The fourth-order valence-corrected chi connectivity index (χ4v) is 5.16. The molecule has 0 aliphatic carbocycles. The minimum absolute atomic E-state index is 0.00644. The topological polar surface area (TPSA) is 66.5 Å². The zero-order chi connectivity index (χ0) is 19.3. The first-order valence-corrected chi connectivity index (χ1v) is 11.8. The van der Waals surface area contributed by atoms with Crippen molar-refractivity contribution in [1.82, 2.24) is 4.31 Å². The quantitative estimate of drug-likeness (QED) is 0.747. The van der Waals surface area contributed by atoms with Gasteiger partial charge in [0.15, 0.2) is 0 Å². The van der Waals surface area contributed by atoms with Gasteiger partial charge in [-0.05, 0) is 48.9 Å². The summed E-state index contributed by atoms with van der Waals surface area (Å²) in [6.45, 7) is 0.775. The Bertz CT molecular complexity index is 860. The lowest BCUT2D eigenvalue weighted by Gasteiger charge is -2.30. The Hall–Kier alpha value is -1.83. The second kappa shape index (κ2) is 8.91. The first-order chi connectivity index (χ1) is 13.0. The highest BCUT2D eigenvalue weighted by Crippen LogP contribution is 2.24. The summed E-state index contributed by atoms with van der Waals surface area (Å²) in [7, 11) is -3.35. The lowest BCUT2D eigenvalue weighted by Crippen LogP contribution is -2.41. The number of nitrogens with zero attached hydrogens (tertiary/aromatic N) is 1. The molecule has 0 bridgehead atoms. The van der Waals surface area contributed by atoms with E-state index in [1.807, 2.05) is 60.9 Å². The first kappa shape index (κ1) is 19.9. The molecule has 0 aromatic heterocycles. The molecule has 144 valence electrons. The summed E-state index contributed by atoms with van der Waals surface area (Å²) in [6.07, 6.45) is 3.10. The minimum atomic E-state index is -3.35. The number of nitrogens with one attached hydrogen (secondary N) is 1. The van der Waals surface area contributed by atoms with E-state index in [1.54, 1.807) is 11.8 Å². The number of rotatable bonds is 6. The third-order valence-electron chi connectivity index (χ3n) is 4.77. The van der Waals surface area contributed by atoms with Crippen LogP contribution in [-0.2, 0) is 20.6 Å². The van der Waals surface area contributed by atoms with Crippen LogP contribution in [0.2, 0.25) is 0 Å². The van der Waals surface area contributed by atoms with E-state index in [2.05, 4.69) is 5.32 Å². The van der Waals surface area contributed by atoms with Crippen LogP contribution in [0.15, 0.2) is 59.5 Å². The first-order valence-electron chi connectivity index (χ1n) is 8.94. The normalized spacial score (nSPS) is 16.2. The molecule has 7 heteroatoms. The molecule has 2 aromatic rings. The third-order valence-corrected chi connectivity index (χ3v) is 7.36. The molecule has 5 nitrogen and oxygen atoms in total. The van der Waals surface area contributed by atoms with Gasteiger partial charge in [-0.3, -0.25) is 4.79 Å². The number of hydrogen-bond donors (Lipinski definition) is 1. The summed E-state index contributed by atoms with van der Waals surface area (Å²) >= 11 is 1.65. The molecule has 1 heterocycles. The van der Waals surface area contributed by atoms with E-state index in [4.69, 9.17) is 0 Å². The Morgan fingerprint density at radius 2 is 1.70 bits per heavy atom. The molecule has 1 saturated heterocycles. The van der Waals surface area contributed by atoms with Crippen molar-refractivity contribution < 1.29 is 13.2 Å². The Balaban J connectivity index is 1.53. The zero-order valence-corrected chi connectivity index (χ0v) is 16.9. The highest BCUT2D eigenvalue weighted by Gasteiger charge is 2.31. The molecule has 3 rings (SSSR count). The monoisotopic (exact) mass is 404 g/mol. The second-order valence-corrected chi connectivity index (χ2v) is 9.48. The molecular formula is C20H24N2O3S2. The third kappa shape index (κ3) is 5.34. The molecule has 0 unspecified atom stereocenters. The fourth-order valence-electron chi connectivity index (χ4n) is 3.19. The molecule has 1 amide bonds. The van der Waals surface area contributed by atoms with Crippen molar-refractivity contribution in [2.45, 2.75) is 23.5 Å². The highest BCUT2D eigenvalue weighted by atomic mass is 32.2. The van der Waals surface area contributed by atoms with Crippen LogP contribution < -0.4 is 5.32 Å². The van der Waals surface area contributed by atoms with Crippen molar-refractivity contribution in [2.24, 2.45) is 5.92 Å². The van der Waals surface area contributed by atoms with Gasteiger partial charge in [-0.25, -0.2) is 12.7 Å². The van der Waals surface area contributed by atoms with Crippen molar-refractivity contribution >= 4 is 33.4 Å². The van der Waals surface area contributed by atoms with Crippen LogP contribution in [0.25, 0.3) is 0 Å². The van der Waals surface area contributed by atoms with Crippen LogP contribution in [0, 0.1) is 5.92 Å². The van der Waals surface area contributed by atoms with Crippen LogP contribution in [0.3, 0.4) is 0 Å². The molecule has 0 saturated carbocycles. The minimum Gasteiger partial charge on any atom is -0.326 e. The maximum Gasteiger partial charge on any atom is 0.227 e. The number of carbonyl (C=O) groups excluding carboxylic acids is 1. The van der Waals surface area contributed by atoms with E-state index in [-0.39, 0.29) is 17.6 Å². The highest BCUT2D eigenvalue weighted by molar-refractivity contribution is 7.98. The lowest BCUT2D eigenvalue weighted by atomic mass is 9.97. The van der Waals surface area contributed by atoms with Crippen LogP contribution >= 0.6 is 11.8 Å². The molecule has 1 aliphatic rings. The summed E-state index contributed by atoms with van der Waals surface area (Å²) in [6, 6.07) is 16.9. The summed E-state index contributed by atoms with van der Waals surface area (Å²) in [5.74, 6) is -0.188. The van der Waals surface area contributed by atoms with Gasteiger partial charge in [0.2, 0.25) is 15.9 Å². The molecule has 2 aromatic carbocycles. The molecule has 1 N–H and O–H groups in total. The van der Waals surface area contributed by atoms with E-state index in [9.17, 15) is 13.2 Å². The smallest absolute Gasteiger partial charge is 0.227 e. The predicted molar refractivity (Wildman–Crippen MR) is 110 cm³/mol. The van der Waals surface area contributed by atoms with Gasteiger partial charge in [0, 0.05) is 29.6 Å². The van der Waals surface area contributed by atoms with Gasteiger partial charge < -0.3 is 5.32 Å². The zero-order valence-electron chi connectivity index (χ0n) is 15.3. The molecular weight excluding hydrogens is 380 g/mol. The Labute approximate surface area is 165 Å². The number of amides is 1. The van der Waals surface area contributed by atoms with E-state index in [0.29, 0.717) is 25.9 Å². The predicted octanol–water partition coefficient (Wildman–Crippen LogP) is 3.59. The average Bonchev–Trinajstić information content (AvgIpc) is 2.69. The largest absolute Gasteiger partial charge is 0.326 e. The number of thioether (sulfide) groups is 1. The number of hydrogen-bond acceptors (Lipinski definition) is 4. The number of carbonyl (C=O) groups is 1. The number of benzene rings is 2. The molecule has 0 spiro atoms. The Kier molecular flexibility index (Phi) is 6.57. The van der Waals surface area contributed by atoms with E-state index < -0.39 is 10.0 Å². The van der Waals surface area contributed by atoms with Crippen LogP contribution in [0.4, 0.5) is 5.69 Å². The number of piperidine rings is 1. The van der Waals surface area contributed by atoms with Crippen molar-refractivity contribution in [3.8, 4) is 0 Å². The summed E-state index contributed by atoms with van der Waals surface area (Å²) in [5, 5.41) is 2.94. The van der Waals surface area contributed by atoms with Gasteiger partial charge in [0.25, 0.3) is 0 Å². The Morgan fingerprint density at radius 1 is 1.07 bits per heavy atom. The van der Waals surface area contributed by atoms with E-state index in [0.717, 1.165) is 16.1 Å². The number of sulfonamides is 1. The van der Waals surface area contributed by atoms with E-state index >= 15 is 0 Å². The lowest BCUT2D eigenvalue weighted by molar-refractivity contribution is -0.120. The van der Waals surface area contributed by atoms with Crippen LogP contribution in [0.1, 0.15) is 18.4 Å². The molecule has 0 atom stereocenters.